The Bertz CT molecular complexity index is 481. The van der Waals surface area contributed by atoms with Gasteiger partial charge < -0.3 is 9.64 Å². The number of hydrogen-bond acceptors (Lipinski definition) is 3. The van der Waals surface area contributed by atoms with Gasteiger partial charge in [0.25, 0.3) is 0 Å². The van der Waals surface area contributed by atoms with Crippen molar-refractivity contribution in [3.05, 3.63) is 35.6 Å². The predicted molar refractivity (Wildman–Crippen MR) is 74.5 cm³/mol. The molecule has 2 rings (SSSR count). The second-order valence-corrected chi connectivity index (χ2v) is 5.13. The largest absolute Gasteiger partial charge is 0.383 e. The van der Waals surface area contributed by atoms with Crippen LogP contribution in [0.1, 0.15) is 32.0 Å². The first kappa shape index (κ1) is 14.9. The summed E-state index contributed by atoms with van der Waals surface area (Å²) in [5.41, 5.74) is 0.761. The highest BCUT2D eigenvalue weighted by atomic mass is 19.1. The summed E-state index contributed by atoms with van der Waals surface area (Å²) >= 11 is 0. The molecule has 0 spiro atoms. The molecule has 1 amide bonds. The molecule has 5 heteroatoms. The fraction of sp³-hybridized carbons (Fsp3) is 0.533. The maximum Gasteiger partial charge on any atom is 0.241 e. The fourth-order valence-corrected chi connectivity index (χ4v) is 2.67. The minimum absolute atomic E-state index is 0.0475. The average molecular weight is 280 g/mol. The van der Waals surface area contributed by atoms with E-state index < -0.39 is 0 Å². The number of hydrogen-bond donors (Lipinski definition) is 1. The Labute approximate surface area is 118 Å². The van der Waals surface area contributed by atoms with Crippen molar-refractivity contribution in [2.75, 3.05) is 13.7 Å². The first-order valence-electron chi connectivity index (χ1n) is 6.91. The summed E-state index contributed by atoms with van der Waals surface area (Å²) in [6.45, 7) is 4.35. The van der Waals surface area contributed by atoms with Gasteiger partial charge in [0.1, 0.15) is 12.0 Å². The number of methoxy groups -OCH3 is 1. The van der Waals surface area contributed by atoms with Crippen molar-refractivity contribution in [3.63, 3.8) is 0 Å². The molecule has 1 aliphatic heterocycles. The summed E-state index contributed by atoms with van der Waals surface area (Å²) < 4.78 is 18.6. The average Bonchev–Trinajstić information content (AvgIpc) is 2.76. The van der Waals surface area contributed by atoms with Crippen LogP contribution in [-0.4, -0.2) is 36.6 Å². The number of nitrogens with zero attached hydrogens (tertiary/aromatic N) is 1. The van der Waals surface area contributed by atoms with Gasteiger partial charge in [-0.15, -0.1) is 0 Å². The molecule has 1 aliphatic rings. The SMILES string of the molecule is CCC1NC(c2cccc(F)c2)N(C(C)COC)C1=O. The molecule has 1 aromatic carbocycles. The molecule has 0 radical (unpaired) electrons. The van der Waals surface area contributed by atoms with Crippen LogP contribution in [0.5, 0.6) is 0 Å². The van der Waals surface area contributed by atoms with E-state index in [9.17, 15) is 9.18 Å². The molecule has 20 heavy (non-hydrogen) atoms. The number of halogens is 1. The zero-order valence-electron chi connectivity index (χ0n) is 12.1. The van der Waals surface area contributed by atoms with E-state index in [-0.39, 0.29) is 30.0 Å². The third-order valence-electron chi connectivity index (χ3n) is 3.65. The Morgan fingerprint density at radius 2 is 2.25 bits per heavy atom. The summed E-state index contributed by atoms with van der Waals surface area (Å²) in [6.07, 6.45) is 0.411. The van der Waals surface area contributed by atoms with Crippen LogP contribution in [0.4, 0.5) is 4.39 Å². The molecule has 0 bridgehead atoms. The van der Waals surface area contributed by atoms with Crippen molar-refractivity contribution >= 4 is 5.91 Å². The van der Waals surface area contributed by atoms with Crippen molar-refractivity contribution in [1.29, 1.82) is 0 Å². The number of benzene rings is 1. The van der Waals surface area contributed by atoms with E-state index in [4.69, 9.17) is 4.74 Å². The summed E-state index contributed by atoms with van der Waals surface area (Å²) in [6, 6.07) is 6.08. The van der Waals surface area contributed by atoms with Crippen molar-refractivity contribution in [2.45, 2.75) is 38.5 Å². The Kier molecular flexibility index (Phi) is 4.73. The fourth-order valence-electron chi connectivity index (χ4n) is 2.67. The van der Waals surface area contributed by atoms with Crippen LogP contribution in [0.15, 0.2) is 24.3 Å². The number of rotatable bonds is 5. The molecule has 0 aliphatic carbocycles. The van der Waals surface area contributed by atoms with Crippen LogP contribution in [0.25, 0.3) is 0 Å². The van der Waals surface area contributed by atoms with E-state index in [2.05, 4.69) is 5.32 Å². The van der Waals surface area contributed by atoms with Crippen LogP contribution >= 0.6 is 0 Å². The third kappa shape index (κ3) is 2.83. The maximum absolute atomic E-state index is 13.4. The molecular weight excluding hydrogens is 259 g/mol. The highest BCUT2D eigenvalue weighted by Gasteiger charge is 2.41. The molecule has 110 valence electrons. The smallest absolute Gasteiger partial charge is 0.241 e. The Morgan fingerprint density at radius 3 is 2.85 bits per heavy atom. The van der Waals surface area contributed by atoms with Gasteiger partial charge in [-0.25, -0.2) is 4.39 Å². The van der Waals surface area contributed by atoms with Crippen LogP contribution in [0.3, 0.4) is 0 Å². The Morgan fingerprint density at radius 1 is 1.50 bits per heavy atom. The molecule has 1 saturated heterocycles. The van der Waals surface area contributed by atoms with Gasteiger partial charge in [0.05, 0.1) is 18.7 Å². The number of carbonyl (C=O) groups is 1. The standard InChI is InChI=1S/C15H21FN2O2/c1-4-13-15(19)18(10(2)9-20-3)14(17-13)11-6-5-7-12(16)8-11/h5-8,10,13-14,17H,4,9H2,1-3H3. The van der Waals surface area contributed by atoms with Crippen molar-refractivity contribution in [3.8, 4) is 0 Å². The van der Waals surface area contributed by atoms with Crippen molar-refractivity contribution in [1.82, 2.24) is 10.2 Å². The maximum atomic E-state index is 13.4. The number of amides is 1. The second kappa shape index (κ2) is 6.33. The van der Waals surface area contributed by atoms with Gasteiger partial charge in [0.2, 0.25) is 5.91 Å². The summed E-state index contributed by atoms with van der Waals surface area (Å²) in [4.78, 5) is 14.2. The lowest BCUT2D eigenvalue weighted by Gasteiger charge is -2.30. The minimum Gasteiger partial charge on any atom is -0.383 e. The third-order valence-corrected chi connectivity index (χ3v) is 3.65. The van der Waals surface area contributed by atoms with Gasteiger partial charge in [-0.05, 0) is 31.0 Å². The minimum atomic E-state index is -0.298. The number of carbonyl (C=O) groups excluding carboxylic acids is 1. The van der Waals surface area contributed by atoms with Crippen LogP contribution < -0.4 is 5.32 Å². The molecule has 1 heterocycles. The van der Waals surface area contributed by atoms with Crippen LogP contribution in [0.2, 0.25) is 0 Å². The molecular formula is C15H21FN2O2. The molecule has 0 saturated carbocycles. The van der Waals surface area contributed by atoms with Gasteiger partial charge >= 0.3 is 0 Å². The summed E-state index contributed by atoms with van der Waals surface area (Å²) in [5.74, 6) is -0.248. The lowest BCUT2D eigenvalue weighted by atomic mass is 10.1. The quantitative estimate of drug-likeness (QED) is 0.897. The lowest BCUT2D eigenvalue weighted by molar-refractivity contribution is -0.133. The molecule has 3 unspecified atom stereocenters. The molecule has 4 nitrogen and oxygen atoms in total. The van der Waals surface area contributed by atoms with Gasteiger partial charge in [-0.1, -0.05) is 19.1 Å². The normalized spacial score (nSPS) is 24.2. The van der Waals surface area contributed by atoms with E-state index in [1.165, 1.54) is 12.1 Å². The molecule has 3 atom stereocenters. The summed E-state index contributed by atoms with van der Waals surface area (Å²) in [7, 11) is 1.61. The predicted octanol–water partition coefficient (Wildman–Crippen LogP) is 2.07. The topological polar surface area (TPSA) is 41.6 Å². The highest BCUT2D eigenvalue weighted by molar-refractivity contribution is 5.84. The van der Waals surface area contributed by atoms with Crippen molar-refractivity contribution in [2.24, 2.45) is 0 Å². The van der Waals surface area contributed by atoms with E-state index in [0.717, 1.165) is 5.56 Å². The molecule has 1 aromatic rings. The molecule has 1 fully saturated rings. The van der Waals surface area contributed by atoms with E-state index in [0.29, 0.717) is 13.0 Å². The molecule has 0 aromatic heterocycles. The Hall–Kier alpha value is -1.46. The number of nitrogens with one attached hydrogen (secondary N) is 1. The van der Waals surface area contributed by atoms with Crippen LogP contribution in [-0.2, 0) is 9.53 Å². The van der Waals surface area contributed by atoms with E-state index in [1.54, 1.807) is 18.1 Å². The zero-order chi connectivity index (χ0) is 14.7. The second-order valence-electron chi connectivity index (χ2n) is 5.13. The lowest BCUT2D eigenvalue weighted by Crippen LogP contribution is -2.40. The first-order valence-corrected chi connectivity index (χ1v) is 6.91. The van der Waals surface area contributed by atoms with Gasteiger partial charge in [0, 0.05) is 7.11 Å². The van der Waals surface area contributed by atoms with Gasteiger partial charge in [0.15, 0.2) is 0 Å². The summed E-state index contributed by atoms with van der Waals surface area (Å²) in [5, 5.41) is 3.28. The first-order chi connectivity index (χ1) is 9.58. The molecule has 1 N–H and O–H groups in total. The monoisotopic (exact) mass is 280 g/mol. The zero-order valence-corrected chi connectivity index (χ0v) is 12.1. The van der Waals surface area contributed by atoms with Gasteiger partial charge in [-0.3, -0.25) is 10.1 Å². The van der Waals surface area contributed by atoms with Crippen LogP contribution in [0, 0.1) is 5.82 Å². The van der Waals surface area contributed by atoms with Crippen molar-refractivity contribution < 1.29 is 13.9 Å². The van der Waals surface area contributed by atoms with E-state index in [1.807, 2.05) is 19.9 Å². The highest BCUT2D eigenvalue weighted by Crippen LogP contribution is 2.29. The van der Waals surface area contributed by atoms with E-state index >= 15 is 0 Å². The Balaban J connectivity index is 2.31. The number of ether oxygens (including phenoxy) is 1. The van der Waals surface area contributed by atoms with Gasteiger partial charge in [-0.2, -0.15) is 0 Å².